The zero-order valence-electron chi connectivity index (χ0n) is 13.1. The molecule has 7 nitrogen and oxygen atoms in total. The molecule has 2 amide bonds. The number of phenols is 2. The number of aromatic hydroxyl groups is 2. The number of imide groups is 1. The van der Waals surface area contributed by atoms with Gasteiger partial charge in [-0.05, 0) is 55.0 Å². The van der Waals surface area contributed by atoms with Gasteiger partial charge in [-0.15, -0.1) is 0 Å². The quantitative estimate of drug-likeness (QED) is 0.658. The molecule has 1 fully saturated rings. The van der Waals surface area contributed by atoms with Crippen molar-refractivity contribution in [2.75, 3.05) is 4.90 Å². The Bertz CT molecular complexity index is 914. The highest BCUT2D eigenvalue weighted by Gasteiger charge is 2.37. The van der Waals surface area contributed by atoms with Gasteiger partial charge in [0, 0.05) is 0 Å². The lowest BCUT2D eigenvalue weighted by atomic mass is 10.1. The topological polar surface area (TPSA) is 104 Å². The summed E-state index contributed by atoms with van der Waals surface area (Å²) in [5.41, 5.74) is 0.777. The minimum Gasteiger partial charge on any atom is -0.508 e. The lowest BCUT2D eigenvalue weighted by molar-refractivity contribution is -0.114. The number of nitrogens with zero attached hydrogens (tertiary/aromatic N) is 1. The van der Waals surface area contributed by atoms with E-state index in [1.807, 2.05) is 0 Å². The van der Waals surface area contributed by atoms with E-state index in [2.05, 4.69) is 0 Å². The zero-order chi connectivity index (χ0) is 18.1. The van der Waals surface area contributed by atoms with Gasteiger partial charge in [0.15, 0.2) is 11.5 Å². The number of cyclic esters (lactones) is 1. The van der Waals surface area contributed by atoms with Crippen LogP contribution in [0.5, 0.6) is 11.5 Å². The first-order valence-corrected chi connectivity index (χ1v) is 7.28. The lowest BCUT2D eigenvalue weighted by Gasteiger charge is -2.09. The first-order chi connectivity index (χ1) is 11.9. The molecule has 7 heteroatoms. The fourth-order valence-electron chi connectivity index (χ4n) is 2.37. The molecule has 0 spiro atoms. The average Bonchev–Trinajstić information content (AvgIpc) is 2.84. The number of Topliss-reactive ketones (excluding diaryl/α,β-unsaturated/α-hetero) is 1. The van der Waals surface area contributed by atoms with Crippen LogP contribution in [0.25, 0.3) is 6.08 Å². The molecule has 0 radical (unpaired) electrons. The summed E-state index contributed by atoms with van der Waals surface area (Å²) in [6.07, 6.45) is 0.444. The predicted molar refractivity (Wildman–Crippen MR) is 88.2 cm³/mol. The number of ketones is 1. The number of anilines is 1. The van der Waals surface area contributed by atoms with E-state index in [0.717, 1.165) is 4.90 Å². The van der Waals surface area contributed by atoms with Gasteiger partial charge in [0.25, 0.3) is 0 Å². The summed E-state index contributed by atoms with van der Waals surface area (Å²) in [6, 6.07) is 9.71. The van der Waals surface area contributed by atoms with Crippen molar-refractivity contribution in [1.29, 1.82) is 0 Å². The van der Waals surface area contributed by atoms with Crippen molar-refractivity contribution in [2.45, 2.75) is 6.92 Å². The van der Waals surface area contributed by atoms with E-state index in [0.29, 0.717) is 5.56 Å². The molecule has 25 heavy (non-hydrogen) atoms. The van der Waals surface area contributed by atoms with Crippen molar-refractivity contribution in [1.82, 2.24) is 0 Å². The van der Waals surface area contributed by atoms with Gasteiger partial charge in [0.1, 0.15) is 11.5 Å². The van der Waals surface area contributed by atoms with Crippen molar-refractivity contribution in [3.05, 3.63) is 59.4 Å². The van der Waals surface area contributed by atoms with E-state index in [1.165, 1.54) is 55.5 Å². The van der Waals surface area contributed by atoms with Crippen molar-refractivity contribution in [3.8, 4) is 11.5 Å². The smallest absolute Gasteiger partial charge is 0.427 e. The molecular formula is C18H13NO6. The largest absolute Gasteiger partial charge is 0.508 e. The molecule has 0 atom stereocenters. The number of carbonyl (C=O) groups is 3. The maximum Gasteiger partial charge on any atom is 0.427 e. The molecule has 0 aromatic heterocycles. The van der Waals surface area contributed by atoms with Crippen LogP contribution in [0.1, 0.15) is 22.8 Å². The van der Waals surface area contributed by atoms with Gasteiger partial charge < -0.3 is 14.9 Å². The van der Waals surface area contributed by atoms with Crippen molar-refractivity contribution < 1.29 is 29.3 Å². The molecular weight excluding hydrogens is 326 g/mol. The number of hydrogen-bond donors (Lipinski definition) is 2. The molecule has 2 aromatic carbocycles. The third-order valence-corrected chi connectivity index (χ3v) is 3.60. The van der Waals surface area contributed by atoms with Crippen molar-refractivity contribution >= 4 is 29.5 Å². The number of ether oxygens (including phenoxy) is 1. The summed E-state index contributed by atoms with van der Waals surface area (Å²) < 4.78 is 4.99. The van der Waals surface area contributed by atoms with Crippen LogP contribution in [0.15, 0.2) is 48.2 Å². The third kappa shape index (κ3) is 3.07. The molecule has 0 bridgehead atoms. The molecule has 0 unspecified atom stereocenters. The fourth-order valence-corrected chi connectivity index (χ4v) is 2.37. The van der Waals surface area contributed by atoms with Crippen LogP contribution in [0, 0.1) is 0 Å². The highest BCUT2D eigenvalue weighted by Crippen LogP contribution is 2.28. The van der Waals surface area contributed by atoms with Crippen LogP contribution in [-0.2, 0) is 9.53 Å². The van der Waals surface area contributed by atoms with Crippen LogP contribution >= 0.6 is 0 Å². The molecule has 1 aliphatic heterocycles. The molecule has 0 saturated carbocycles. The lowest BCUT2D eigenvalue weighted by Crippen LogP contribution is -2.28. The Labute approximate surface area is 142 Å². The van der Waals surface area contributed by atoms with Crippen LogP contribution in [-0.4, -0.2) is 28.0 Å². The van der Waals surface area contributed by atoms with Crippen LogP contribution in [0.3, 0.4) is 0 Å². The Balaban J connectivity index is 1.94. The molecule has 0 aliphatic carbocycles. The Kier molecular flexibility index (Phi) is 3.98. The number of rotatable bonds is 3. The van der Waals surface area contributed by atoms with E-state index in [9.17, 15) is 24.6 Å². The van der Waals surface area contributed by atoms with Gasteiger partial charge in [-0.2, -0.15) is 0 Å². The summed E-state index contributed by atoms with van der Waals surface area (Å²) in [5, 5.41) is 18.9. The van der Waals surface area contributed by atoms with Gasteiger partial charge in [-0.1, -0.05) is 6.07 Å². The van der Waals surface area contributed by atoms with Gasteiger partial charge in [0.05, 0.1) is 11.3 Å². The molecule has 126 valence electrons. The maximum absolute atomic E-state index is 12.4. The van der Waals surface area contributed by atoms with E-state index in [4.69, 9.17) is 4.74 Å². The second-order valence-corrected chi connectivity index (χ2v) is 5.37. The SMILES string of the molecule is CC(=O)c1cc(/C=C2/OC(=O)N(c3ccc(O)cc3)C2=O)ccc1O. The Morgan fingerprint density at radius 1 is 1.08 bits per heavy atom. The van der Waals surface area contributed by atoms with E-state index in [1.54, 1.807) is 0 Å². The number of hydrogen-bond acceptors (Lipinski definition) is 6. The molecule has 3 rings (SSSR count). The number of amides is 2. The van der Waals surface area contributed by atoms with Crippen molar-refractivity contribution in [2.24, 2.45) is 0 Å². The summed E-state index contributed by atoms with van der Waals surface area (Å²) in [5.74, 6) is -1.39. The average molecular weight is 339 g/mol. The second kappa shape index (κ2) is 6.12. The van der Waals surface area contributed by atoms with E-state index >= 15 is 0 Å². The molecule has 2 N–H and O–H groups in total. The Morgan fingerprint density at radius 3 is 2.40 bits per heavy atom. The maximum atomic E-state index is 12.4. The van der Waals surface area contributed by atoms with Gasteiger partial charge in [0.2, 0.25) is 0 Å². The summed E-state index contributed by atoms with van der Waals surface area (Å²) in [7, 11) is 0. The second-order valence-electron chi connectivity index (χ2n) is 5.37. The monoisotopic (exact) mass is 339 g/mol. The zero-order valence-corrected chi connectivity index (χ0v) is 13.1. The number of carbonyl (C=O) groups excluding carboxylic acids is 3. The van der Waals surface area contributed by atoms with Gasteiger partial charge >= 0.3 is 12.0 Å². The first-order valence-electron chi connectivity index (χ1n) is 7.28. The van der Waals surface area contributed by atoms with Crippen molar-refractivity contribution in [3.63, 3.8) is 0 Å². The molecule has 1 aliphatic rings. The standard InChI is InChI=1S/C18H13NO6/c1-10(20)14-8-11(2-7-15(14)22)9-16-17(23)19(18(24)25-16)12-3-5-13(21)6-4-12/h2-9,21-22H,1H3/b16-9+. The number of benzene rings is 2. The summed E-state index contributed by atoms with van der Waals surface area (Å²) in [6.45, 7) is 1.30. The first kappa shape index (κ1) is 16.3. The fraction of sp³-hybridized carbons (Fsp3) is 0.0556. The van der Waals surface area contributed by atoms with Gasteiger partial charge in [-0.25, -0.2) is 9.69 Å². The molecule has 2 aromatic rings. The summed E-state index contributed by atoms with van der Waals surface area (Å²) >= 11 is 0. The molecule has 1 heterocycles. The van der Waals surface area contributed by atoms with E-state index < -0.39 is 12.0 Å². The minimum atomic E-state index is -0.868. The highest BCUT2D eigenvalue weighted by molar-refractivity contribution is 6.24. The van der Waals surface area contributed by atoms with Crippen LogP contribution < -0.4 is 4.90 Å². The Hall–Kier alpha value is -3.61. The molecule has 1 saturated heterocycles. The van der Waals surface area contributed by atoms with Crippen LogP contribution in [0.2, 0.25) is 0 Å². The Morgan fingerprint density at radius 2 is 1.76 bits per heavy atom. The summed E-state index contributed by atoms with van der Waals surface area (Å²) in [4.78, 5) is 36.7. The van der Waals surface area contributed by atoms with E-state index in [-0.39, 0.29) is 34.3 Å². The highest BCUT2D eigenvalue weighted by atomic mass is 16.6. The van der Waals surface area contributed by atoms with Crippen LogP contribution in [0.4, 0.5) is 10.5 Å². The minimum absolute atomic E-state index is 0.000356. The normalized spacial score (nSPS) is 15.6. The third-order valence-electron chi connectivity index (χ3n) is 3.60. The number of phenolic OH excluding ortho intramolecular Hbond substituents is 2. The predicted octanol–water partition coefficient (Wildman–Crippen LogP) is 2.82. The van der Waals surface area contributed by atoms with Gasteiger partial charge in [-0.3, -0.25) is 9.59 Å².